The predicted octanol–water partition coefficient (Wildman–Crippen LogP) is 6.86. The second-order valence-corrected chi connectivity index (χ2v) is 11.7. The van der Waals surface area contributed by atoms with Crippen LogP contribution in [0.2, 0.25) is 5.15 Å². The number of halogens is 3. The van der Waals surface area contributed by atoms with Crippen LogP contribution in [-0.2, 0) is 9.84 Å². The SMILES string of the molecule is Cc1cc(Cl)n(-c2ccc(-c3cccc(S(C)(=O)=O)c3)cc2-c2nc(C)oc2-c2ccc3c(c2)OC(F)(F)O3)n1. The lowest BCUT2D eigenvalue weighted by atomic mass is 9.98. The minimum Gasteiger partial charge on any atom is -0.440 e. The van der Waals surface area contributed by atoms with E-state index in [1.165, 1.54) is 18.2 Å². The number of ether oxygens (including phenoxy) is 2. The van der Waals surface area contributed by atoms with E-state index in [1.54, 1.807) is 54.9 Å². The van der Waals surface area contributed by atoms with Crippen molar-refractivity contribution in [2.24, 2.45) is 0 Å². The molecule has 5 aromatic rings. The number of nitrogens with zero attached hydrogens (tertiary/aromatic N) is 3. The first kappa shape index (κ1) is 26.0. The third-order valence-electron chi connectivity index (χ3n) is 6.26. The van der Waals surface area contributed by atoms with Crippen molar-refractivity contribution in [3.63, 3.8) is 0 Å². The van der Waals surface area contributed by atoms with Crippen molar-refractivity contribution >= 4 is 21.4 Å². The van der Waals surface area contributed by atoms with E-state index in [9.17, 15) is 17.2 Å². The molecule has 0 aliphatic carbocycles. The monoisotopic (exact) mass is 583 g/mol. The molecule has 40 heavy (non-hydrogen) atoms. The van der Waals surface area contributed by atoms with E-state index in [-0.39, 0.29) is 16.4 Å². The highest BCUT2D eigenvalue weighted by Crippen LogP contribution is 2.45. The average Bonchev–Trinajstić information content (AvgIpc) is 3.54. The van der Waals surface area contributed by atoms with Gasteiger partial charge in [0.15, 0.2) is 33.0 Å². The standard InChI is InChI=1S/C28H20ClF2N3O5S/c1-15-11-25(29)34(33-15)22-9-7-18(17-5-4-6-20(12-17)40(3,35)36)13-21(22)26-27(37-16(2)32-26)19-8-10-23-24(14-19)39-28(30,31)38-23/h4-14H,1-3H3. The molecule has 0 saturated heterocycles. The molecular weight excluding hydrogens is 564 g/mol. The number of aryl methyl sites for hydroxylation is 2. The molecule has 204 valence electrons. The molecule has 3 aromatic carbocycles. The van der Waals surface area contributed by atoms with Crippen LogP contribution in [0.25, 0.3) is 39.4 Å². The molecule has 0 fully saturated rings. The lowest BCUT2D eigenvalue weighted by molar-refractivity contribution is -0.286. The van der Waals surface area contributed by atoms with E-state index < -0.39 is 16.1 Å². The molecule has 0 bridgehead atoms. The van der Waals surface area contributed by atoms with Crippen LogP contribution in [-0.4, -0.2) is 35.7 Å². The molecule has 6 rings (SSSR count). The van der Waals surface area contributed by atoms with Crippen molar-refractivity contribution in [1.82, 2.24) is 14.8 Å². The molecule has 0 atom stereocenters. The molecule has 12 heteroatoms. The summed E-state index contributed by atoms with van der Waals surface area (Å²) in [5.41, 5.74) is 3.99. The van der Waals surface area contributed by atoms with Gasteiger partial charge in [-0.25, -0.2) is 18.1 Å². The smallest absolute Gasteiger partial charge is 0.440 e. The van der Waals surface area contributed by atoms with Crippen molar-refractivity contribution < 1.29 is 31.1 Å². The normalized spacial score (nSPS) is 14.1. The summed E-state index contributed by atoms with van der Waals surface area (Å²) in [5, 5.41) is 4.87. The fraction of sp³-hybridized carbons (Fsp3) is 0.143. The van der Waals surface area contributed by atoms with Gasteiger partial charge in [-0.05, 0) is 66.6 Å². The van der Waals surface area contributed by atoms with Crippen molar-refractivity contribution in [1.29, 1.82) is 0 Å². The molecule has 0 spiro atoms. The minimum absolute atomic E-state index is 0.0984. The van der Waals surface area contributed by atoms with Crippen molar-refractivity contribution in [3.05, 3.63) is 83.5 Å². The van der Waals surface area contributed by atoms with Gasteiger partial charge in [0, 0.05) is 24.3 Å². The minimum atomic E-state index is -3.77. The number of rotatable bonds is 5. The Balaban J connectivity index is 1.56. The van der Waals surface area contributed by atoms with Crippen LogP contribution in [0.1, 0.15) is 11.6 Å². The highest BCUT2D eigenvalue weighted by atomic mass is 35.5. The van der Waals surface area contributed by atoms with Gasteiger partial charge < -0.3 is 13.9 Å². The molecule has 8 nitrogen and oxygen atoms in total. The zero-order valence-corrected chi connectivity index (χ0v) is 22.8. The Hall–Kier alpha value is -4.22. The highest BCUT2D eigenvalue weighted by Gasteiger charge is 2.43. The molecule has 0 amide bonds. The first-order chi connectivity index (χ1) is 18.9. The summed E-state index contributed by atoms with van der Waals surface area (Å²) in [4.78, 5) is 4.80. The van der Waals surface area contributed by atoms with Crippen LogP contribution >= 0.6 is 11.6 Å². The molecule has 1 aliphatic heterocycles. The summed E-state index contributed by atoms with van der Waals surface area (Å²) >= 11 is 6.51. The molecule has 1 aliphatic rings. The number of benzene rings is 3. The first-order valence-corrected chi connectivity index (χ1v) is 14.2. The maximum absolute atomic E-state index is 13.7. The van der Waals surface area contributed by atoms with Gasteiger partial charge in [0.25, 0.3) is 0 Å². The van der Waals surface area contributed by atoms with Crippen molar-refractivity contribution in [2.45, 2.75) is 25.0 Å². The van der Waals surface area contributed by atoms with E-state index >= 15 is 0 Å². The number of hydrogen-bond acceptors (Lipinski definition) is 7. The van der Waals surface area contributed by atoms with E-state index in [1.807, 2.05) is 12.1 Å². The van der Waals surface area contributed by atoms with Gasteiger partial charge in [-0.2, -0.15) is 5.10 Å². The Bertz CT molecular complexity index is 1920. The molecule has 3 heterocycles. The van der Waals surface area contributed by atoms with Gasteiger partial charge in [-0.15, -0.1) is 8.78 Å². The lowest BCUT2D eigenvalue weighted by Gasteiger charge is -2.13. The second kappa shape index (κ2) is 9.17. The third-order valence-corrected chi connectivity index (χ3v) is 7.64. The number of hydrogen-bond donors (Lipinski definition) is 0. The van der Waals surface area contributed by atoms with Crippen molar-refractivity contribution in [2.75, 3.05) is 6.26 Å². The topological polar surface area (TPSA) is 96.5 Å². The second-order valence-electron chi connectivity index (χ2n) is 9.29. The molecule has 0 saturated carbocycles. The Morgan fingerprint density at radius 1 is 0.900 bits per heavy atom. The number of fused-ring (bicyclic) bond motifs is 1. The predicted molar refractivity (Wildman–Crippen MR) is 144 cm³/mol. The molecule has 0 unspecified atom stereocenters. The van der Waals surface area contributed by atoms with E-state index in [4.69, 9.17) is 16.0 Å². The largest absolute Gasteiger partial charge is 0.586 e. The molecular formula is C28H20ClF2N3O5S. The highest BCUT2D eigenvalue weighted by molar-refractivity contribution is 7.90. The van der Waals surface area contributed by atoms with Crippen LogP contribution in [0.3, 0.4) is 0 Å². The van der Waals surface area contributed by atoms with E-state index in [2.05, 4.69) is 19.6 Å². The number of sulfone groups is 1. The van der Waals surface area contributed by atoms with Gasteiger partial charge in [0.05, 0.1) is 16.3 Å². The van der Waals surface area contributed by atoms with Crippen LogP contribution < -0.4 is 9.47 Å². The maximum atomic E-state index is 13.7. The Labute approximate surface area is 232 Å². The summed E-state index contributed by atoms with van der Waals surface area (Å²) < 4.78 is 68.4. The molecule has 2 aromatic heterocycles. The summed E-state index contributed by atoms with van der Waals surface area (Å²) in [6.45, 7) is 3.47. The van der Waals surface area contributed by atoms with Crippen LogP contribution in [0.5, 0.6) is 11.5 Å². The number of aromatic nitrogens is 3. The van der Waals surface area contributed by atoms with E-state index in [0.29, 0.717) is 56.1 Å². The van der Waals surface area contributed by atoms with Gasteiger partial charge in [-0.1, -0.05) is 29.8 Å². The molecule has 0 N–H and O–H groups in total. The summed E-state index contributed by atoms with van der Waals surface area (Å²) in [5.74, 6) is 0.382. The summed E-state index contributed by atoms with van der Waals surface area (Å²) in [7, 11) is -3.44. The van der Waals surface area contributed by atoms with Gasteiger partial charge >= 0.3 is 6.29 Å². The zero-order chi connectivity index (χ0) is 28.4. The molecule has 0 radical (unpaired) electrons. The number of oxazole rings is 1. The van der Waals surface area contributed by atoms with E-state index in [0.717, 1.165) is 6.26 Å². The fourth-order valence-electron chi connectivity index (χ4n) is 4.53. The van der Waals surface area contributed by atoms with Crippen LogP contribution in [0, 0.1) is 13.8 Å². The first-order valence-electron chi connectivity index (χ1n) is 11.9. The average molecular weight is 584 g/mol. The van der Waals surface area contributed by atoms with Crippen LogP contribution in [0.4, 0.5) is 8.78 Å². The van der Waals surface area contributed by atoms with Gasteiger partial charge in [-0.3, -0.25) is 0 Å². The van der Waals surface area contributed by atoms with Crippen molar-refractivity contribution in [3.8, 4) is 50.9 Å². The lowest BCUT2D eigenvalue weighted by Crippen LogP contribution is -2.25. The summed E-state index contributed by atoms with van der Waals surface area (Å²) in [6.07, 6.45) is -2.62. The summed E-state index contributed by atoms with van der Waals surface area (Å²) in [6, 6.07) is 18.1. The Morgan fingerprint density at radius 2 is 1.62 bits per heavy atom. The zero-order valence-electron chi connectivity index (χ0n) is 21.3. The number of alkyl halides is 2. The van der Waals surface area contributed by atoms with Gasteiger partial charge in [0.2, 0.25) is 0 Å². The fourth-order valence-corrected chi connectivity index (χ4v) is 5.48. The van der Waals surface area contributed by atoms with Crippen LogP contribution in [0.15, 0.2) is 76.0 Å². The Kier molecular flexibility index (Phi) is 5.97. The third kappa shape index (κ3) is 4.71. The Morgan fingerprint density at radius 3 is 2.35 bits per heavy atom. The quantitative estimate of drug-likeness (QED) is 0.223. The maximum Gasteiger partial charge on any atom is 0.586 e. The van der Waals surface area contributed by atoms with Gasteiger partial charge in [0.1, 0.15) is 10.8 Å².